The first-order valence-electron chi connectivity index (χ1n) is 4.92. The SMILES string of the molecule is CCOC(=O)C1=NNc2ccccc2S1(=O)=O. The van der Waals surface area contributed by atoms with Gasteiger partial charge in [-0.15, -0.1) is 0 Å². The second-order valence-corrected chi connectivity index (χ2v) is 5.08. The minimum absolute atomic E-state index is 0.0260. The monoisotopic (exact) mass is 254 g/mol. The van der Waals surface area contributed by atoms with Crippen LogP contribution in [0.3, 0.4) is 0 Å². The van der Waals surface area contributed by atoms with Crippen LogP contribution in [-0.4, -0.2) is 26.0 Å². The van der Waals surface area contributed by atoms with E-state index >= 15 is 0 Å². The number of hydrogen-bond acceptors (Lipinski definition) is 6. The molecule has 0 atom stereocenters. The van der Waals surface area contributed by atoms with E-state index in [-0.39, 0.29) is 11.5 Å². The minimum Gasteiger partial charge on any atom is -0.461 e. The van der Waals surface area contributed by atoms with Crippen molar-refractivity contribution in [2.24, 2.45) is 5.10 Å². The predicted molar refractivity (Wildman–Crippen MR) is 61.3 cm³/mol. The molecule has 17 heavy (non-hydrogen) atoms. The standard InChI is InChI=1S/C10H10N2O4S/c1-2-16-10(13)9-12-11-7-5-3-4-6-8(7)17(9,14)15/h3-6,11H,2H2,1H3. The fraction of sp³-hybridized carbons (Fsp3) is 0.200. The molecule has 1 aliphatic heterocycles. The summed E-state index contributed by atoms with van der Waals surface area (Å²) in [6, 6.07) is 6.22. The van der Waals surface area contributed by atoms with Gasteiger partial charge in [0.05, 0.1) is 17.2 Å². The highest BCUT2D eigenvalue weighted by Gasteiger charge is 2.35. The molecule has 0 aromatic heterocycles. The maximum atomic E-state index is 12.0. The number of esters is 1. The maximum Gasteiger partial charge on any atom is 0.371 e. The summed E-state index contributed by atoms with van der Waals surface area (Å²) in [5.41, 5.74) is 2.86. The maximum absolute atomic E-state index is 12.0. The van der Waals surface area contributed by atoms with Crippen molar-refractivity contribution in [3.63, 3.8) is 0 Å². The number of ether oxygens (including phenoxy) is 1. The van der Waals surface area contributed by atoms with Crippen LogP contribution in [0.5, 0.6) is 0 Å². The van der Waals surface area contributed by atoms with Crippen molar-refractivity contribution < 1.29 is 17.9 Å². The zero-order chi connectivity index (χ0) is 12.5. The van der Waals surface area contributed by atoms with Gasteiger partial charge in [-0.2, -0.15) is 5.10 Å². The Morgan fingerprint density at radius 2 is 2.12 bits per heavy atom. The number of carbonyl (C=O) groups excluding carboxylic acids is 1. The average molecular weight is 254 g/mol. The number of hydrogen-bond donors (Lipinski definition) is 1. The second kappa shape index (κ2) is 4.17. The van der Waals surface area contributed by atoms with E-state index in [0.717, 1.165) is 0 Å². The normalized spacial score (nSPS) is 16.4. The summed E-state index contributed by atoms with van der Waals surface area (Å²) in [5.74, 6) is -0.950. The summed E-state index contributed by atoms with van der Waals surface area (Å²) in [6.07, 6.45) is 0. The van der Waals surface area contributed by atoms with Crippen LogP contribution in [0.15, 0.2) is 34.3 Å². The summed E-state index contributed by atoms with van der Waals surface area (Å²) in [5, 5.41) is 2.93. The van der Waals surface area contributed by atoms with Crippen molar-refractivity contribution >= 4 is 26.5 Å². The molecule has 0 aliphatic carbocycles. The summed E-state index contributed by atoms with van der Waals surface area (Å²) in [4.78, 5) is 11.5. The Balaban J connectivity index is 2.49. The number of anilines is 1. The molecular formula is C10H10N2O4S. The van der Waals surface area contributed by atoms with Crippen LogP contribution >= 0.6 is 0 Å². The number of nitrogens with one attached hydrogen (secondary N) is 1. The molecule has 0 fully saturated rings. The van der Waals surface area contributed by atoms with Gasteiger partial charge < -0.3 is 4.74 Å². The number of sulfone groups is 1. The summed E-state index contributed by atoms with van der Waals surface area (Å²) >= 11 is 0. The molecule has 90 valence electrons. The van der Waals surface area contributed by atoms with E-state index in [4.69, 9.17) is 0 Å². The van der Waals surface area contributed by atoms with Gasteiger partial charge in [-0.05, 0) is 19.1 Å². The second-order valence-electron chi connectivity index (χ2n) is 3.25. The lowest BCUT2D eigenvalue weighted by Gasteiger charge is -2.15. The molecule has 1 N–H and O–H groups in total. The zero-order valence-corrected chi connectivity index (χ0v) is 9.82. The molecule has 7 heteroatoms. The molecule has 1 aromatic rings. The number of benzene rings is 1. The van der Waals surface area contributed by atoms with Crippen molar-refractivity contribution in [2.45, 2.75) is 11.8 Å². The van der Waals surface area contributed by atoms with Gasteiger partial charge >= 0.3 is 5.97 Å². The van der Waals surface area contributed by atoms with E-state index in [1.54, 1.807) is 25.1 Å². The molecule has 1 heterocycles. The third-order valence-electron chi connectivity index (χ3n) is 2.16. The van der Waals surface area contributed by atoms with Gasteiger partial charge in [0.25, 0.3) is 5.04 Å². The van der Waals surface area contributed by atoms with Crippen molar-refractivity contribution in [1.29, 1.82) is 0 Å². The molecule has 0 saturated heterocycles. The topological polar surface area (TPSA) is 84.8 Å². The third-order valence-corrected chi connectivity index (χ3v) is 3.86. The van der Waals surface area contributed by atoms with Crippen LogP contribution < -0.4 is 5.43 Å². The van der Waals surface area contributed by atoms with Gasteiger partial charge in [0.2, 0.25) is 9.84 Å². The first kappa shape index (κ1) is 11.6. The lowest BCUT2D eigenvalue weighted by Crippen LogP contribution is -2.30. The van der Waals surface area contributed by atoms with E-state index in [1.807, 2.05) is 0 Å². The van der Waals surface area contributed by atoms with Crippen LogP contribution in [0.1, 0.15) is 6.92 Å². The van der Waals surface area contributed by atoms with Crippen molar-refractivity contribution in [3.05, 3.63) is 24.3 Å². The van der Waals surface area contributed by atoms with Crippen molar-refractivity contribution in [2.75, 3.05) is 12.0 Å². The average Bonchev–Trinajstić information content (AvgIpc) is 2.29. The Labute approximate surface area is 98.2 Å². The number of nitrogens with zero attached hydrogens (tertiary/aromatic N) is 1. The summed E-state index contributed by atoms with van der Waals surface area (Å²) in [6.45, 7) is 1.68. The Bertz CT molecular complexity index is 592. The highest BCUT2D eigenvalue weighted by molar-refractivity contribution is 8.08. The first-order valence-corrected chi connectivity index (χ1v) is 6.40. The highest BCUT2D eigenvalue weighted by atomic mass is 32.2. The predicted octanol–water partition coefficient (Wildman–Crippen LogP) is 0.762. The molecule has 0 saturated carbocycles. The molecule has 6 nitrogen and oxygen atoms in total. The van der Waals surface area contributed by atoms with Gasteiger partial charge in [-0.3, -0.25) is 5.43 Å². The molecule has 0 bridgehead atoms. The Morgan fingerprint density at radius 3 is 2.82 bits per heavy atom. The molecule has 1 aromatic carbocycles. The van der Waals surface area contributed by atoms with Crippen LogP contribution in [0.4, 0.5) is 5.69 Å². The number of rotatable bonds is 2. The Hall–Kier alpha value is -1.89. The Morgan fingerprint density at radius 1 is 1.41 bits per heavy atom. The summed E-state index contributed by atoms with van der Waals surface area (Å²) in [7, 11) is -3.89. The van der Waals surface area contributed by atoms with E-state index in [9.17, 15) is 13.2 Å². The van der Waals surface area contributed by atoms with Crippen LogP contribution in [0.2, 0.25) is 0 Å². The molecule has 0 spiro atoms. The van der Waals surface area contributed by atoms with Gasteiger partial charge in [0.1, 0.15) is 0 Å². The van der Waals surface area contributed by atoms with Crippen LogP contribution in [-0.2, 0) is 19.4 Å². The van der Waals surface area contributed by atoms with E-state index < -0.39 is 20.9 Å². The number of carbonyl (C=O) groups is 1. The lowest BCUT2D eigenvalue weighted by molar-refractivity contribution is -0.134. The van der Waals surface area contributed by atoms with Gasteiger partial charge in [-0.1, -0.05) is 12.1 Å². The molecular weight excluding hydrogens is 244 g/mol. The lowest BCUT2D eigenvalue weighted by atomic mass is 10.3. The van der Waals surface area contributed by atoms with E-state index in [2.05, 4.69) is 15.3 Å². The molecule has 2 rings (SSSR count). The molecule has 0 unspecified atom stereocenters. The number of hydrazone groups is 1. The van der Waals surface area contributed by atoms with Gasteiger partial charge in [0.15, 0.2) is 0 Å². The minimum atomic E-state index is -3.89. The Kier molecular flexibility index (Phi) is 2.84. The zero-order valence-electron chi connectivity index (χ0n) is 9.00. The summed E-state index contributed by atoms with van der Waals surface area (Å²) < 4.78 is 28.7. The van der Waals surface area contributed by atoms with Crippen molar-refractivity contribution in [1.82, 2.24) is 0 Å². The molecule has 0 amide bonds. The quantitative estimate of drug-likeness (QED) is 0.788. The largest absolute Gasteiger partial charge is 0.461 e. The van der Waals surface area contributed by atoms with Crippen LogP contribution in [0.25, 0.3) is 0 Å². The fourth-order valence-electron chi connectivity index (χ4n) is 1.42. The number of fused-ring (bicyclic) bond motifs is 1. The van der Waals surface area contributed by atoms with Crippen LogP contribution in [0, 0.1) is 0 Å². The fourth-order valence-corrected chi connectivity index (χ4v) is 2.73. The smallest absolute Gasteiger partial charge is 0.371 e. The van der Waals surface area contributed by atoms with E-state index in [0.29, 0.717) is 5.69 Å². The van der Waals surface area contributed by atoms with Crippen molar-refractivity contribution in [3.8, 4) is 0 Å². The molecule has 0 radical (unpaired) electrons. The first-order chi connectivity index (χ1) is 8.07. The van der Waals surface area contributed by atoms with E-state index in [1.165, 1.54) is 6.07 Å². The third kappa shape index (κ3) is 1.89. The van der Waals surface area contributed by atoms with Gasteiger partial charge in [-0.25, -0.2) is 13.2 Å². The van der Waals surface area contributed by atoms with Gasteiger partial charge in [0, 0.05) is 0 Å². The molecule has 1 aliphatic rings. The number of para-hydroxylation sites is 1. The highest BCUT2D eigenvalue weighted by Crippen LogP contribution is 2.26.